The van der Waals surface area contributed by atoms with Gasteiger partial charge < -0.3 is 9.64 Å². The number of hydrogen-bond donors (Lipinski definition) is 1. The molecule has 0 radical (unpaired) electrons. The van der Waals surface area contributed by atoms with E-state index in [9.17, 15) is 0 Å². The van der Waals surface area contributed by atoms with Gasteiger partial charge in [0.05, 0.1) is 6.61 Å². The molecule has 0 aliphatic rings. The quantitative estimate of drug-likeness (QED) is 0.152. The normalized spacial score (nSPS) is 11.1. The van der Waals surface area contributed by atoms with Crippen LogP contribution in [0.25, 0.3) is 10.8 Å². The van der Waals surface area contributed by atoms with E-state index in [1.54, 1.807) is 0 Å². The summed E-state index contributed by atoms with van der Waals surface area (Å²) in [5, 5.41) is 11.4. The molecule has 0 saturated heterocycles. The summed E-state index contributed by atoms with van der Waals surface area (Å²) in [6, 6.07) is 12.6. The highest BCUT2D eigenvalue weighted by atomic mass is 16.5. The van der Waals surface area contributed by atoms with Gasteiger partial charge in [-0.2, -0.15) is 0 Å². The number of benzene rings is 2. The van der Waals surface area contributed by atoms with E-state index in [4.69, 9.17) is 10.1 Å². The Hall–Kier alpha value is -2.03. The summed E-state index contributed by atoms with van der Waals surface area (Å²) >= 11 is 0. The van der Waals surface area contributed by atoms with Crippen LogP contribution in [0.3, 0.4) is 0 Å². The first kappa shape index (κ1) is 26.2. The molecule has 2 aromatic carbocycles. The number of ether oxygens (including phenoxy) is 1. The summed E-state index contributed by atoms with van der Waals surface area (Å²) in [4.78, 5) is 2.32. The molecule has 0 heterocycles. The molecule has 178 valence electrons. The van der Waals surface area contributed by atoms with Gasteiger partial charge in [0.25, 0.3) is 0 Å². The van der Waals surface area contributed by atoms with Crippen LogP contribution in [-0.4, -0.2) is 30.4 Å². The van der Waals surface area contributed by atoms with Crippen LogP contribution >= 0.6 is 0 Å². The minimum atomic E-state index is 0.670. The van der Waals surface area contributed by atoms with E-state index < -0.39 is 0 Å². The number of nitrogens with zero attached hydrogens (tertiary/aromatic N) is 1. The van der Waals surface area contributed by atoms with Crippen molar-refractivity contribution in [2.75, 3.05) is 19.7 Å². The first-order valence-corrected chi connectivity index (χ1v) is 13.2. The van der Waals surface area contributed by atoms with Crippen molar-refractivity contribution >= 4 is 16.6 Å². The Kier molecular flexibility index (Phi) is 12.9. The molecular weight excluding hydrogens is 392 g/mol. The maximum absolute atomic E-state index is 9.10. The topological polar surface area (TPSA) is 36.3 Å². The van der Waals surface area contributed by atoms with Crippen LogP contribution in [0.15, 0.2) is 36.4 Å². The number of fused-ring (bicyclic) bond motifs is 1. The first-order chi connectivity index (χ1) is 15.7. The summed E-state index contributed by atoms with van der Waals surface area (Å²) < 4.78 is 6.16. The van der Waals surface area contributed by atoms with Crippen LogP contribution in [0.5, 0.6) is 5.75 Å². The van der Waals surface area contributed by atoms with Crippen molar-refractivity contribution in [2.24, 2.45) is 0 Å². The monoisotopic (exact) mass is 438 g/mol. The summed E-state index contributed by atoms with van der Waals surface area (Å²) in [6.07, 6.45) is 14.7. The molecular formula is C29H46N2O. The summed E-state index contributed by atoms with van der Waals surface area (Å²) in [7, 11) is 0. The molecule has 32 heavy (non-hydrogen) atoms. The molecule has 0 aliphatic heterocycles. The Morgan fingerprint density at radius 3 is 1.84 bits per heavy atom. The van der Waals surface area contributed by atoms with Crippen LogP contribution in [0.1, 0.15) is 103 Å². The zero-order valence-corrected chi connectivity index (χ0v) is 20.9. The molecule has 0 aliphatic carbocycles. The fourth-order valence-corrected chi connectivity index (χ4v) is 4.28. The highest BCUT2D eigenvalue weighted by molar-refractivity contribution is 6.09. The second-order valence-electron chi connectivity index (χ2n) is 9.02. The standard InChI is InChI=1S/C29H46N2O/c1-4-7-10-15-22-31(23-16-11-8-5-2)29(30)27-20-21-28(32-24-17-12-9-6-3)26-19-14-13-18-25(26)27/h13-14,18-21,30H,4-12,15-17,22-24H2,1-3H3. The van der Waals surface area contributed by atoms with Gasteiger partial charge >= 0.3 is 0 Å². The lowest BCUT2D eigenvalue weighted by molar-refractivity contribution is 0.308. The Labute approximate surface area is 197 Å². The third-order valence-electron chi connectivity index (χ3n) is 6.27. The molecule has 1 N–H and O–H groups in total. The number of hydrogen-bond acceptors (Lipinski definition) is 2. The van der Waals surface area contributed by atoms with Crippen molar-refractivity contribution in [3.8, 4) is 5.75 Å². The second-order valence-corrected chi connectivity index (χ2v) is 9.02. The lowest BCUT2D eigenvalue weighted by Crippen LogP contribution is -2.33. The van der Waals surface area contributed by atoms with Crippen LogP contribution < -0.4 is 4.74 Å². The lowest BCUT2D eigenvalue weighted by atomic mass is 10.0. The number of amidine groups is 1. The minimum absolute atomic E-state index is 0.670. The zero-order valence-electron chi connectivity index (χ0n) is 20.9. The molecule has 2 rings (SSSR count). The fraction of sp³-hybridized carbons (Fsp3) is 0.621. The van der Waals surface area contributed by atoms with E-state index in [-0.39, 0.29) is 0 Å². The first-order valence-electron chi connectivity index (χ1n) is 13.2. The predicted octanol–water partition coefficient (Wildman–Crippen LogP) is 8.59. The van der Waals surface area contributed by atoms with Gasteiger partial charge in [-0.25, -0.2) is 0 Å². The molecule has 0 fully saturated rings. The summed E-state index contributed by atoms with van der Waals surface area (Å²) in [6.45, 7) is 9.47. The van der Waals surface area contributed by atoms with Gasteiger partial charge in [-0.1, -0.05) is 103 Å². The number of rotatable bonds is 17. The molecule has 0 amide bonds. The summed E-state index contributed by atoms with van der Waals surface area (Å²) in [5.41, 5.74) is 1.03. The van der Waals surface area contributed by atoms with Gasteiger partial charge in [-0.15, -0.1) is 0 Å². The van der Waals surface area contributed by atoms with Gasteiger partial charge in [0.2, 0.25) is 0 Å². The van der Waals surface area contributed by atoms with Crippen molar-refractivity contribution in [1.82, 2.24) is 4.90 Å². The Morgan fingerprint density at radius 2 is 1.25 bits per heavy atom. The van der Waals surface area contributed by atoms with Crippen LogP contribution in [0.4, 0.5) is 0 Å². The van der Waals surface area contributed by atoms with Gasteiger partial charge in [-0.3, -0.25) is 5.41 Å². The van der Waals surface area contributed by atoms with Gasteiger partial charge in [0.1, 0.15) is 11.6 Å². The molecule has 0 bridgehead atoms. The van der Waals surface area contributed by atoms with Gasteiger partial charge in [0.15, 0.2) is 0 Å². The molecule has 0 aromatic heterocycles. The fourth-order valence-electron chi connectivity index (χ4n) is 4.28. The van der Waals surface area contributed by atoms with E-state index >= 15 is 0 Å². The van der Waals surface area contributed by atoms with E-state index in [0.29, 0.717) is 5.84 Å². The molecule has 2 aromatic rings. The van der Waals surface area contributed by atoms with E-state index in [1.807, 2.05) is 0 Å². The maximum Gasteiger partial charge on any atom is 0.128 e. The highest BCUT2D eigenvalue weighted by Crippen LogP contribution is 2.30. The predicted molar refractivity (Wildman–Crippen MR) is 140 cm³/mol. The molecule has 0 spiro atoms. The van der Waals surface area contributed by atoms with Crippen LogP contribution in [0.2, 0.25) is 0 Å². The summed E-state index contributed by atoms with van der Waals surface area (Å²) in [5.74, 6) is 1.62. The van der Waals surface area contributed by atoms with Gasteiger partial charge in [0, 0.05) is 24.0 Å². The molecule has 0 unspecified atom stereocenters. The van der Waals surface area contributed by atoms with Crippen LogP contribution in [-0.2, 0) is 0 Å². The van der Waals surface area contributed by atoms with Crippen LogP contribution in [0, 0.1) is 5.41 Å². The third kappa shape index (κ3) is 8.48. The number of unbranched alkanes of at least 4 members (excludes halogenated alkanes) is 9. The van der Waals surface area contributed by atoms with Crippen molar-refractivity contribution < 1.29 is 4.74 Å². The SMILES string of the molecule is CCCCCCOc1ccc(C(=N)N(CCCCCC)CCCCCC)c2ccccc12. The van der Waals surface area contributed by atoms with Crippen molar-refractivity contribution in [3.63, 3.8) is 0 Å². The number of nitrogens with one attached hydrogen (secondary N) is 1. The third-order valence-corrected chi connectivity index (χ3v) is 6.27. The van der Waals surface area contributed by atoms with E-state index in [2.05, 4.69) is 62.1 Å². The molecule has 3 nitrogen and oxygen atoms in total. The average molecular weight is 439 g/mol. The Morgan fingerprint density at radius 1 is 0.688 bits per heavy atom. The minimum Gasteiger partial charge on any atom is -0.493 e. The molecule has 0 saturated carbocycles. The molecule has 3 heteroatoms. The lowest BCUT2D eigenvalue weighted by Gasteiger charge is -2.26. The Bertz CT molecular complexity index is 774. The largest absolute Gasteiger partial charge is 0.493 e. The van der Waals surface area contributed by atoms with Gasteiger partial charge in [-0.05, 0) is 36.8 Å². The molecule has 0 atom stereocenters. The van der Waals surface area contributed by atoms with E-state index in [1.165, 1.54) is 70.6 Å². The second kappa shape index (κ2) is 15.7. The highest BCUT2D eigenvalue weighted by Gasteiger charge is 2.16. The van der Waals surface area contributed by atoms with E-state index in [0.717, 1.165) is 48.2 Å². The van der Waals surface area contributed by atoms with Crippen molar-refractivity contribution in [2.45, 2.75) is 97.8 Å². The smallest absolute Gasteiger partial charge is 0.128 e. The Balaban J connectivity index is 2.16. The van der Waals surface area contributed by atoms with Crippen molar-refractivity contribution in [1.29, 1.82) is 5.41 Å². The average Bonchev–Trinajstić information content (AvgIpc) is 2.82. The van der Waals surface area contributed by atoms with Crippen molar-refractivity contribution in [3.05, 3.63) is 42.0 Å². The zero-order chi connectivity index (χ0) is 23.0. The maximum atomic E-state index is 9.10.